The number of para-hydroxylation sites is 3. The van der Waals surface area contributed by atoms with Crippen LogP contribution in [0.5, 0.6) is 17.2 Å². The summed E-state index contributed by atoms with van der Waals surface area (Å²) in [5, 5.41) is 5.82. The summed E-state index contributed by atoms with van der Waals surface area (Å²) in [6, 6.07) is 23.0. The van der Waals surface area contributed by atoms with Gasteiger partial charge in [-0.15, -0.1) is 0 Å². The molecule has 29 heavy (non-hydrogen) atoms. The van der Waals surface area contributed by atoms with Crippen LogP contribution in [0, 0.1) is 0 Å². The van der Waals surface area contributed by atoms with Crippen LogP contribution in [0.15, 0.2) is 78.9 Å². The second kappa shape index (κ2) is 10.1. The Bertz CT molecular complexity index is 962. The first-order chi connectivity index (χ1) is 14.1. The molecule has 3 aromatic carbocycles. The van der Waals surface area contributed by atoms with Gasteiger partial charge < -0.3 is 20.1 Å². The third kappa shape index (κ3) is 6.55. The molecule has 0 radical (unpaired) electrons. The van der Waals surface area contributed by atoms with Crippen molar-refractivity contribution < 1.29 is 19.1 Å². The summed E-state index contributed by atoms with van der Waals surface area (Å²) in [7, 11) is 0. The minimum Gasteiger partial charge on any atom is -0.484 e. The third-order valence-electron chi connectivity index (χ3n) is 3.76. The first-order valence-corrected chi connectivity index (χ1v) is 9.25. The number of hydrogen-bond donors (Lipinski definition) is 2. The summed E-state index contributed by atoms with van der Waals surface area (Å²) in [5.74, 6) is 0.880. The molecule has 0 bridgehead atoms. The van der Waals surface area contributed by atoms with E-state index < -0.39 is 5.91 Å². The summed E-state index contributed by atoms with van der Waals surface area (Å²) in [4.78, 5) is 24.1. The summed E-state index contributed by atoms with van der Waals surface area (Å²) >= 11 is 5.79. The second-order valence-corrected chi connectivity index (χ2v) is 6.42. The van der Waals surface area contributed by atoms with Crippen LogP contribution in [0.4, 0.5) is 5.69 Å². The molecular formula is C22H19ClN2O4. The Morgan fingerprint density at radius 1 is 0.793 bits per heavy atom. The van der Waals surface area contributed by atoms with Gasteiger partial charge in [0, 0.05) is 5.02 Å². The molecule has 0 aromatic heterocycles. The van der Waals surface area contributed by atoms with Crippen LogP contribution in [0.1, 0.15) is 0 Å². The van der Waals surface area contributed by atoms with Gasteiger partial charge in [0.1, 0.15) is 11.5 Å². The lowest BCUT2D eigenvalue weighted by atomic mass is 10.3. The van der Waals surface area contributed by atoms with E-state index in [0.29, 0.717) is 28.0 Å². The first-order valence-electron chi connectivity index (χ1n) is 8.87. The predicted molar refractivity (Wildman–Crippen MR) is 112 cm³/mol. The maximum Gasteiger partial charge on any atom is 0.258 e. The molecule has 7 heteroatoms. The van der Waals surface area contributed by atoms with Gasteiger partial charge in [0.05, 0.1) is 12.2 Å². The van der Waals surface area contributed by atoms with Crippen molar-refractivity contribution >= 4 is 29.1 Å². The van der Waals surface area contributed by atoms with Crippen LogP contribution < -0.4 is 20.1 Å². The molecule has 0 unspecified atom stereocenters. The van der Waals surface area contributed by atoms with Crippen LogP contribution in [-0.2, 0) is 9.59 Å². The SMILES string of the molecule is O=C(COc1ccc(Cl)cc1)NCC(=O)Nc1ccccc1Oc1ccccc1. The van der Waals surface area contributed by atoms with Gasteiger partial charge in [0.2, 0.25) is 5.91 Å². The lowest BCUT2D eigenvalue weighted by Crippen LogP contribution is -2.35. The van der Waals surface area contributed by atoms with Gasteiger partial charge in [-0.2, -0.15) is 0 Å². The highest BCUT2D eigenvalue weighted by Gasteiger charge is 2.10. The Balaban J connectivity index is 1.48. The fourth-order valence-corrected chi connectivity index (χ4v) is 2.50. The summed E-state index contributed by atoms with van der Waals surface area (Å²) in [6.07, 6.45) is 0. The molecule has 3 aromatic rings. The number of carbonyl (C=O) groups excluding carboxylic acids is 2. The zero-order valence-corrected chi connectivity index (χ0v) is 16.2. The van der Waals surface area contributed by atoms with Gasteiger partial charge in [-0.05, 0) is 48.5 Å². The van der Waals surface area contributed by atoms with Crippen LogP contribution in [0.25, 0.3) is 0 Å². The first kappa shape index (κ1) is 20.2. The molecule has 0 heterocycles. The van der Waals surface area contributed by atoms with Crippen LogP contribution in [0.3, 0.4) is 0 Å². The van der Waals surface area contributed by atoms with Crippen molar-refractivity contribution in [2.24, 2.45) is 0 Å². The fourth-order valence-electron chi connectivity index (χ4n) is 2.38. The molecule has 148 valence electrons. The maximum absolute atomic E-state index is 12.2. The Morgan fingerprint density at radius 3 is 2.24 bits per heavy atom. The van der Waals surface area contributed by atoms with Crippen molar-refractivity contribution in [2.45, 2.75) is 0 Å². The highest BCUT2D eigenvalue weighted by Crippen LogP contribution is 2.28. The Labute approximate surface area is 173 Å². The molecule has 0 saturated carbocycles. The molecule has 3 rings (SSSR count). The molecule has 6 nitrogen and oxygen atoms in total. The van der Waals surface area contributed by atoms with Crippen molar-refractivity contribution in [3.63, 3.8) is 0 Å². The van der Waals surface area contributed by atoms with E-state index in [1.165, 1.54) is 0 Å². The lowest BCUT2D eigenvalue weighted by molar-refractivity contribution is -0.125. The van der Waals surface area contributed by atoms with Crippen molar-refractivity contribution in [2.75, 3.05) is 18.5 Å². The molecule has 0 atom stereocenters. The Hall–Kier alpha value is -3.51. The number of carbonyl (C=O) groups is 2. The zero-order valence-electron chi connectivity index (χ0n) is 15.4. The van der Waals surface area contributed by atoms with Crippen molar-refractivity contribution in [1.82, 2.24) is 5.32 Å². The lowest BCUT2D eigenvalue weighted by Gasteiger charge is -2.12. The predicted octanol–water partition coefficient (Wildman–Crippen LogP) is 4.27. The highest BCUT2D eigenvalue weighted by molar-refractivity contribution is 6.30. The van der Waals surface area contributed by atoms with E-state index in [0.717, 1.165) is 0 Å². The average Bonchev–Trinajstić information content (AvgIpc) is 2.74. The molecule has 0 aliphatic carbocycles. The van der Waals surface area contributed by atoms with Crippen LogP contribution >= 0.6 is 11.6 Å². The summed E-state index contributed by atoms with van der Waals surface area (Å²) in [5.41, 5.74) is 0.507. The Morgan fingerprint density at radius 2 is 1.48 bits per heavy atom. The molecule has 2 N–H and O–H groups in total. The average molecular weight is 411 g/mol. The van der Waals surface area contributed by atoms with Crippen molar-refractivity contribution in [3.8, 4) is 17.2 Å². The smallest absolute Gasteiger partial charge is 0.258 e. The standard InChI is InChI=1S/C22H19ClN2O4/c23-16-10-12-17(13-11-16)28-15-22(27)24-14-21(26)25-19-8-4-5-9-20(19)29-18-6-2-1-3-7-18/h1-13H,14-15H2,(H,24,27)(H,25,26). The number of halogens is 1. The van der Waals surface area contributed by atoms with E-state index in [9.17, 15) is 9.59 Å². The van der Waals surface area contributed by atoms with Crippen molar-refractivity contribution in [3.05, 3.63) is 83.9 Å². The molecular weight excluding hydrogens is 392 g/mol. The number of ether oxygens (including phenoxy) is 2. The van der Waals surface area contributed by atoms with Crippen LogP contribution in [-0.4, -0.2) is 25.0 Å². The number of hydrogen-bond acceptors (Lipinski definition) is 4. The number of amides is 2. The van der Waals surface area contributed by atoms with E-state index in [1.807, 2.05) is 36.4 Å². The molecule has 0 aliphatic rings. The Kier molecular flexibility index (Phi) is 7.08. The minimum absolute atomic E-state index is 0.192. The number of nitrogens with one attached hydrogen (secondary N) is 2. The molecule has 0 aliphatic heterocycles. The quantitative estimate of drug-likeness (QED) is 0.581. The molecule has 0 fully saturated rings. The van der Waals surface area contributed by atoms with Crippen molar-refractivity contribution in [1.29, 1.82) is 0 Å². The molecule has 0 spiro atoms. The second-order valence-electron chi connectivity index (χ2n) is 5.98. The van der Waals surface area contributed by atoms with E-state index in [1.54, 1.807) is 42.5 Å². The third-order valence-corrected chi connectivity index (χ3v) is 4.01. The number of rotatable bonds is 8. The van der Waals surface area contributed by atoms with E-state index >= 15 is 0 Å². The summed E-state index contributed by atoms with van der Waals surface area (Å²) < 4.78 is 11.1. The summed E-state index contributed by atoms with van der Waals surface area (Å²) in [6.45, 7) is -0.398. The van der Waals surface area contributed by atoms with E-state index in [-0.39, 0.29) is 19.1 Å². The number of anilines is 1. The maximum atomic E-state index is 12.2. The van der Waals surface area contributed by atoms with E-state index in [2.05, 4.69) is 10.6 Å². The van der Waals surface area contributed by atoms with Gasteiger partial charge in [0.15, 0.2) is 12.4 Å². The minimum atomic E-state index is -0.413. The zero-order chi connectivity index (χ0) is 20.5. The van der Waals surface area contributed by atoms with E-state index in [4.69, 9.17) is 21.1 Å². The van der Waals surface area contributed by atoms with Gasteiger partial charge >= 0.3 is 0 Å². The normalized spacial score (nSPS) is 10.1. The molecule has 2 amide bonds. The largest absolute Gasteiger partial charge is 0.484 e. The topological polar surface area (TPSA) is 76.7 Å². The van der Waals surface area contributed by atoms with Gasteiger partial charge in [-0.3, -0.25) is 9.59 Å². The van der Waals surface area contributed by atoms with Gasteiger partial charge in [-0.1, -0.05) is 41.9 Å². The van der Waals surface area contributed by atoms with Gasteiger partial charge in [-0.25, -0.2) is 0 Å². The monoisotopic (exact) mass is 410 g/mol. The highest BCUT2D eigenvalue weighted by atomic mass is 35.5. The van der Waals surface area contributed by atoms with Gasteiger partial charge in [0.25, 0.3) is 5.91 Å². The fraction of sp³-hybridized carbons (Fsp3) is 0.0909. The van der Waals surface area contributed by atoms with Crippen LogP contribution in [0.2, 0.25) is 5.02 Å². The number of benzene rings is 3. The molecule has 0 saturated heterocycles.